The lowest BCUT2D eigenvalue weighted by atomic mass is 9.91. The number of rotatable bonds is 4. The van der Waals surface area contributed by atoms with E-state index in [2.05, 4.69) is 29.1 Å². The van der Waals surface area contributed by atoms with Crippen LogP contribution in [0.15, 0.2) is 0 Å². The topological polar surface area (TPSA) is 35.6 Å². The summed E-state index contributed by atoms with van der Waals surface area (Å²) in [5.74, 6) is 1.21. The lowest BCUT2D eigenvalue weighted by molar-refractivity contribution is -0.134. The SMILES string of the molecule is CC1CNCCN1C(=O)CCCC1CCN(C)CC1. The zero-order valence-electron chi connectivity index (χ0n) is 12.5. The Hall–Kier alpha value is -0.610. The van der Waals surface area contributed by atoms with Crippen molar-refractivity contribution in [2.45, 2.75) is 45.1 Å². The smallest absolute Gasteiger partial charge is 0.222 e. The van der Waals surface area contributed by atoms with E-state index in [4.69, 9.17) is 0 Å². The largest absolute Gasteiger partial charge is 0.337 e. The summed E-state index contributed by atoms with van der Waals surface area (Å²) in [4.78, 5) is 16.7. The normalized spacial score (nSPS) is 26.6. The number of piperazine rings is 1. The van der Waals surface area contributed by atoms with Crippen LogP contribution >= 0.6 is 0 Å². The molecule has 2 saturated heterocycles. The lowest BCUT2D eigenvalue weighted by Gasteiger charge is -2.34. The van der Waals surface area contributed by atoms with Gasteiger partial charge in [0.1, 0.15) is 0 Å². The first kappa shape index (κ1) is 14.8. The number of likely N-dealkylation sites (tertiary alicyclic amines) is 1. The molecular weight excluding hydrogens is 238 g/mol. The van der Waals surface area contributed by atoms with Crippen LogP contribution in [-0.4, -0.2) is 61.5 Å². The molecule has 0 saturated carbocycles. The van der Waals surface area contributed by atoms with E-state index < -0.39 is 0 Å². The lowest BCUT2D eigenvalue weighted by Crippen LogP contribution is -2.52. The van der Waals surface area contributed by atoms with E-state index in [1.807, 2.05) is 0 Å². The van der Waals surface area contributed by atoms with Crippen molar-refractivity contribution < 1.29 is 4.79 Å². The highest BCUT2D eigenvalue weighted by atomic mass is 16.2. The Bertz CT molecular complexity index is 287. The number of carbonyl (C=O) groups excluding carboxylic acids is 1. The molecule has 2 aliphatic heterocycles. The van der Waals surface area contributed by atoms with Gasteiger partial charge < -0.3 is 15.1 Å². The fourth-order valence-corrected chi connectivity index (χ4v) is 3.25. The molecule has 0 aromatic carbocycles. The summed E-state index contributed by atoms with van der Waals surface area (Å²) in [5.41, 5.74) is 0. The van der Waals surface area contributed by atoms with Crippen LogP contribution < -0.4 is 5.32 Å². The van der Waals surface area contributed by atoms with Crippen molar-refractivity contribution in [2.75, 3.05) is 39.8 Å². The number of nitrogens with one attached hydrogen (secondary N) is 1. The molecule has 4 heteroatoms. The van der Waals surface area contributed by atoms with Gasteiger partial charge in [-0.3, -0.25) is 4.79 Å². The second-order valence-electron chi connectivity index (χ2n) is 6.28. The Morgan fingerprint density at radius 1 is 1.26 bits per heavy atom. The molecule has 0 aromatic rings. The van der Waals surface area contributed by atoms with E-state index in [9.17, 15) is 4.79 Å². The van der Waals surface area contributed by atoms with Gasteiger partial charge in [-0.2, -0.15) is 0 Å². The van der Waals surface area contributed by atoms with Crippen LogP contribution in [0, 0.1) is 5.92 Å². The summed E-state index contributed by atoms with van der Waals surface area (Å²) in [7, 11) is 2.20. The first-order chi connectivity index (χ1) is 9.16. The van der Waals surface area contributed by atoms with Gasteiger partial charge in [-0.05, 0) is 58.7 Å². The van der Waals surface area contributed by atoms with E-state index >= 15 is 0 Å². The summed E-state index contributed by atoms with van der Waals surface area (Å²) >= 11 is 0. The minimum absolute atomic E-state index is 0.363. The molecule has 0 radical (unpaired) electrons. The van der Waals surface area contributed by atoms with E-state index in [-0.39, 0.29) is 0 Å². The van der Waals surface area contributed by atoms with Gasteiger partial charge >= 0.3 is 0 Å². The van der Waals surface area contributed by atoms with E-state index in [0.29, 0.717) is 11.9 Å². The Morgan fingerprint density at radius 2 is 2.00 bits per heavy atom. The molecule has 1 N–H and O–H groups in total. The van der Waals surface area contributed by atoms with E-state index in [1.54, 1.807) is 0 Å². The maximum Gasteiger partial charge on any atom is 0.222 e. The van der Waals surface area contributed by atoms with Crippen LogP contribution in [0.25, 0.3) is 0 Å². The molecule has 1 unspecified atom stereocenters. The number of amides is 1. The molecule has 110 valence electrons. The molecule has 0 spiro atoms. The van der Waals surface area contributed by atoms with Crippen LogP contribution in [0.5, 0.6) is 0 Å². The highest BCUT2D eigenvalue weighted by molar-refractivity contribution is 5.76. The van der Waals surface area contributed by atoms with Gasteiger partial charge in [-0.25, -0.2) is 0 Å². The zero-order chi connectivity index (χ0) is 13.7. The van der Waals surface area contributed by atoms with Crippen LogP contribution in [0.1, 0.15) is 39.0 Å². The summed E-state index contributed by atoms with van der Waals surface area (Å²) in [6, 6.07) is 0.365. The third-order valence-electron chi connectivity index (χ3n) is 4.66. The van der Waals surface area contributed by atoms with Crippen LogP contribution in [-0.2, 0) is 4.79 Å². The van der Waals surface area contributed by atoms with Gasteiger partial charge in [0, 0.05) is 32.1 Å². The number of nitrogens with zero attached hydrogens (tertiary/aromatic N) is 2. The Kier molecular flexibility index (Phi) is 5.64. The van der Waals surface area contributed by atoms with Crippen molar-refractivity contribution in [3.63, 3.8) is 0 Å². The average molecular weight is 267 g/mol. The number of hydrogen-bond donors (Lipinski definition) is 1. The monoisotopic (exact) mass is 267 g/mol. The van der Waals surface area contributed by atoms with Gasteiger partial charge in [0.25, 0.3) is 0 Å². The Labute approximate surface area is 117 Å². The van der Waals surface area contributed by atoms with Crippen molar-refractivity contribution in [2.24, 2.45) is 5.92 Å². The third kappa shape index (κ3) is 4.46. The van der Waals surface area contributed by atoms with Crippen molar-refractivity contribution >= 4 is 5.91 Å². The quantitative estimate of drug-likeness (QED) is 0.834. The average Bonchev–Trinajstić information content (AvgIpc) is 2.41. The number of hydrogen-bond acceptors (Lipinski definition) is 3. The maximum absolute atomic E-state index is 12.2. The van der Waals surface area contributed by atoms with Crippen molar-refractivity contribution in [3.8, 4) is 0 Å². The molecule has 0 aliphatic carbocycles. The van der Waals surface area contributed by atoms with Gasteiger partial charge in [0.2, 0.25) is 5.91 Å². The predicted octanol–water partition coefficient (Wildman–Crippen LogP) is 1.32. The van der Waals surface area contributed by atoms with Crippen molar-refractivity contribution in [1.29, 1.82) is 0 Å². The predicted molar refractivity (Wildman–Crippen MR) is 78.1 cm³/mol. The first-order valence-corrected chi connectivity index (χ1v) is 7.85. The minimum atomic E-state index is 0.363. The second kappa shape index (κ2) is 7.25. The molecule has 0 aromatic heterocycles. The van der Waals surface area contributed by atoms with Crippen LogP contribution in [0.4, 0.5) is 0 Å². The molecule has 1 atom stereocenters. The van der Waals surface area contributed by atoms with Gasteiger partial charge in [0.05, 0.1) is 0 Å². The highest BCUT2D eigenvalue weighted by Crippen LogP contribution is 2.22. The number of piperidine rings is 1. The molecule has 2 rings (SSSR count). The summed E-state index contributed by atoms with van der Waals surface area (Å²) in [6.07, 6.45) is 5.68. The maximum atomic E-state index is 12.2. The van der Waals surface area contributed by atoms with E-state index in [1.165, 1.54) is 32.4 Å². The summed E-state index contributed by atoms with van der Waals surface area (Å²) < 4.78 is 0. The molecule has 0 bridgehead atoms. The molecule has 19 heavy (non-hydrogen) atoms. The fraction of sp³-hybridized carbons (Fsp3) is 0.933. The van der Waals surface area contributed by atoms with Crippen molar-refractivity contribution in [3.05, 3.63) is 0 Å². The molecule has 2 aliphatic rings. The number of carbonyl (C=O) groups is 1. The molecular formula is C15H29N3O. The van der Waals surface area contributed by atoms with Gasteiger partial charge in [-0.15, -0.1) is 0 Å². The molecule has 2 fully saturated rings. The van der Waals surface area contributed by atoms with Crippen molar-refractivity contribution in [1.82, 2.24) is 15.1 Å². The molecule has 4 nitrogen and oxygen atoms in total. The standard InChI is InChI=1S/C15H29N3O/c1-13-12-16-8-11-18(13)15(19)5-3-4-14-6-9-17(2)10-7-14/h13-14,16H,3-12H2,1-2H3. The second-order valence-corrected chi connectivity index (χ2v) is 6.28. The Morgan fingerprint density at radius 3 is 2.68 bits per heavy atom. The summed E-state index contributed by atoms with van der Waals surface area (Å²) in [5, 5.41) is 3.33. The first-order valence-electron chi connectivity index (χ1n) is 7.85. The fourth-order valence-electron chi connectivity index (χ4n) is 3.25. The van der Waals surface area contributed by atoms with Crippen LogP contribution in [0.2, 0.25) is 0 Å². The van der Waals surface area contributed by atoms with E-state index in [0.717, 1.165) is 38.4 Å². The molecule has 2 heterocycles. The van der Waals surface area contributed by atoms with Gasteiger partial charge in [0.15, 0.2) is 0 Å². The molecule has 1 amide bonds. The van der Waals surface area contributed by atoms with Crippen LogP contribution in [0.3, 0.4) is 0 Å². The highest BCUT2D eigenvalue weighted by Gasteiger charge is 2.23. The van der Waals surface area contributed by atoms with Gasteiger partial charge in [-0.1, -0.05) is 0 Å². The minimum Gasteiger partial charge on any atom is -0.337 e. The summed E-state index contributed by atoms with van der Waals surface area (Å²) in [6.45, 7) is 7.38. The zero-order valence-corrected chi connectivity index (χ0v) is 12.5. The Balaban J connectivity index is 1.63. The third-order valence-corrected chi connectivity index (χ3v) is 4.66.